The molecule has 0 aliphatic carbocycles. The smallest absolute Gasteiger partial charge is 0.137 e. The van der Waals surface area contributed by atoms with Crippen molar-refractivity contribution in [1.29, 1.82) is 0 Å². The second-order valence-corrected chi connectivity index (χ2v) is 4.57. The molecule has 2 aromatic carbocycles. The third-order valence-electron chi connectivity index (χ3n) is 2.46. The number of rotatable bonds is 4. The van der Waals surface area contributed by atoms with Crippen molar-refractivity contribution < 1.29 is 13.9 Å². The van der Waals surface area contributed by atoms with E-state index in [-0.39, 0.29) is 5.82 Å². The highest BCUT2D eigenvalue weighted by atomic mass is 79.9. The summed E-state index contributed by atoms with van der Waals surface area (Å²) in [5.74, 6) is 1.13. The van der Waals surface area contributed by atoms with Gasteiger partial charge in [0.05, 0.1) is 11.6 Å². The second-order valence-electron chi connectivity index (χ2n) is 3.71. The highest BCUT2D eigenvalue weighted by Gasteiger charge is 2.02. The molecular weight excluding hydrogens is 299 g/mol. The van der Waals surface area contributed by atoms with Gasteiger partial charge in [0.15, 0.2) is 0 Å². The van der Waals surface area contributed by atoms with Gasteiger partial charge in [0.2, 0.25) is 0 Å². The van der Waals surface area contributed by atoms with E-state index in [4.69, 9.17) is 9.47 Å². The first-order valence-corrected chi connectivity index (χ1v) is 6.19. The Hall–Kier alpha value is -1.55. The van der Waals surface area contributed by atoms with Crippen LogP contribution in [0.15, 0.2) is 46.9 Å². The lowest BCUT2D eigenvalue weighted by Crippen LogP contribution is -1.95. The van der Waals surface area contributed by atoms with Gasteiger partial charge in [-0.1, -0.05) is 12.1 Å². The molecule has 0 saturated carbocycles. The lowest BCUT2D eigenvalue weighted by Gasteiger charge is -2.07. The maximum absolute atomic E-state index is 13.0. The van der Waals surface area contributed by atoms with E-state index in [2.05, 4.69) is 15.9 Å². The van der Waals surface area contributed by atoms with E-state index >= 15 is 0 Å². The van der Waals surface area contributed by atoms with Gasteiger partial charge < -0.3 is 9.47 Å². The van der Waals surface area contributed by atoms with E-state index in [1.165, 1.54) is 6.07 Å². The van der Waals surface area contributed by atoms with Crippen molar-refractivity contribution in [1.82, 2.24) is 0 Å². The molecule has 0 atom stereocenters. The first-order chi connectivity index (χ1) is 8.69. The number of methoxy groups -OCH3 is 1. The van der Waals surface area contributed by atoms with Gasteiger partial charge in [-0.3, -0.25) is 0 Å². The molecule has 0 heterocycles. The van der Waals surface area contributed by atoms with Crippen molar-refractivity contribution >= 4 is 15.9 Å². The molecule has 2 rings (SSSR count). The summed E-state index contributed by atoms with van der Waals surface area (Å²) in [6.07, 6.45) is 0. The molecule has 0 amide bonds. The van der Waals surface area contributed by atoms with E-state index in [1.807, 2.05) is 24.3 Å². The minimum absolute atomic E-state index is 0.299. The molecule has 94 valence electrons. The Morgan fingerprint density at radius 2 is 1.72 bits per heavy atom. The summed E-state index contributed by atoms with van der Waals surface area (Å²) in [5, 5.41) is 0. The fourth-order valence-corrected chi connectivity index (χ4v) is 1.81. The average Bonchev–Trinajstić information content (AvgIpc) is 2.41. The first kappa shape index (κ1) is 12.9. The summed E-state index contributed by atoms with van der Waals surface area (Å²) in [6, 6.07) is 12.2. The third-order valence-corrected chi connectivity index (χ3v) is 3.06. The minimum atomic E-state index is -0.299. The Bertz CT molecular complexity index is 526. The summed E-state index contributed by atoms with van der Waals surface area (Å²) in [5.41, 5.74) is 1.02. The topological polar surface area (TPSA) is 18.5 Å². The predicted octanol–water partition coefficient (Wildman–Crippen LogP) is 4.18. The molecule has 0 radical (unpaired) electrons. The zero-order valence-corrected chi connectivity index (χ0v) is 11.4. The molecule has 0 bridgehead atoms. The van der Waals surface area contributed by atoms with Crippen LogP contribution in [0.4, 0.5) is 4.39 Å². The Kier molecular flexibility index (Phi) is 4.20. The predicted molar refractivity (Wildman–Crippen MR) is 71.4 cm³/mol. The first-order valence-electron chi connectivity index (χ1n) is 5.40. The molecular formula is C14H12BrFO2. The van der Waals surface area contributed by atoms with Gasteiger partial charge in [0.25, 0.3) is 0 Å². The van der Waals surface area contributed by atoms with Crippen molar-refractivity contribution in [2.24, 2.45) is 0 Å². The summed E-state index contributed by atoms with van der Waals surface area (Å²) in [6.45, 7) is 0.433. The van der Waals surface area contributed by atoms with Crippen LogP contribution < -0.4 is 9.47 Å². The largest absolute Gasteiger partial charge is 0.497 e. The Balaban J connectivity index is 1.99. The summed E-state index contributed by atoms with van der Waals surface area (Å²) >= 11 is 3.12. The van der Waals surface area contributed by atoms with Gasteiger partial charge in [-0.2, -0.15) is 0 Å². The summed E-state index contributed by atoms with van der Waals surface area (Å²) in [7, 11) is 1.63. The van der Waals surface area contributed by atoms with Crippen LogP contribution in [-0.2, 0) is 6.61 Å². The van der Waals surface area contributed by atoms with Crippen LogP contribution in [0.1, 0.15) is 5.56 Å². The van der Waals surface area contributed by atoms with Crippen LogP contribution in [0, 0.1) is 5.82 Å². The molecule has 0 fully saturated rings. The van der Waals surface area contributed by atoms with E-state index in [0.717, 1.165) is 11.3 Å². The Labute approximate surface area is 113 Å². The molecule has 18 heavy (non-hydrogen) atoms. The maximum Gasteiger partial charge on any atom is 0.137 e. The normalized spacial score (nSPS) is 10.2. The molecule has 0 aliphatic heterocycles. The minimum Gasteiger partial charge on any atom is -0.497 e. The Morgan fingerprint density at radius 3 is 2.33 bits per heavy atom. The van der Waals surface area contributed by atoms with E-state index < -0.39 is 0 Å². The molecule has 0 aliphatic rings. The fraction of sp³-hybridized carbons (Fsp3) is 0.143. The van der Waals surface area contributed by atoms with Crippen LogP contribution in [-0.4, -0.2) is 7.11 Å². The van der Waals surface area contributed by atoms with Crippen LogP contribution >= 0.6 is 15.9 Å². The number of halogens is 2. The van der Waals surface area contributed by atoms with E-state index in [0.29, 0.717) is 16.8 Å². The number of benzene rings is 2. The van der Waals surface area contributed by atoms with Crippen LogP contribution in [0.5, 0.6) is 11.5 Å². The van der Waals surface area contributed by atoms with Crippen molar-refractivity contribution in [3.8, 4) is 11.5 Å². The van der Waals surface area contributed by atoms with Crippen LogP contribution in [0.2, 0.25) is 0 Å². The fourth-order valence-electron chi connectivity index (χ4n) is 1.46. The molecule has 4 heteroatoms. The number of ether oxygens (including phenoxy) is 2. The van der Waals surface area contributed by atoms with Gasteiger partial charge in [-0.05, 0) is 51.8 Å². The average molecular weight is 311 g/mol. The molecule has 0 saturated heterocycles. The summed E-state index contributed by atoms with van der Waals surface area (Å²) in [4.78, 5) is 0. The monoisotopic (exact) mass is 310 g/mol. The van der Waals surface area contributed by atoms with Gasteiger partial charge in [0.1, 0.15) is 23.9 Å². The SMILES string of the molecule is COc1ccc(COc2ccc(F)c(Br)c2)cc1. The van der Waals surface area contributed by atoms with Gasteiger partial charge in [0, 0.05) is 0 Å². The number of hydrogen-bond donors (Lipinski definition) is 0. The van der Waals surface area contributed by atoms with Crippen molar-refractivity contribution in [2.75, 3.05) is 7.11 Å². The highest BCUT2D eigenvalue weighted by molar-refractivity contribution is 9.10. The standard InChI is InChI=1S/C14H12BrFO2/c1-17-11-4-2-10(3-5-11)9-18-12-6-7-14(16)13(15)8-12/h2-8H,9H2,1H3. The van der Waals surface area contributed by atoms with Crippen molar-refractivity contribution in [3.63, 3.8) is 0 Å². The lowest BCUT2D eigenvalue weighted by atomic mass is 10.2. The van der Waals surface area contributed by atoms with Gasteiger partial charge >= 0.3 is 0 Å². The van der Waals surface area contributed by atoms with Gasteiger partial charge in [-0.25, -0.2) is 4.39 Å². The summed E-state index contributed by atoms with van der Waals surface area (Å²) < 4.78 is 24.1. The van der Waals surface area contributed by atoms with Crippen LogP contribution in [0.25, 0.3) is 0 Å². The second kappa shape index (κ2) is 5.87. The molecule has 0 N–H and O–H groups in total. The Morgan fingerprint density at radius 1 is 1.06 bits per heavy atom. The lowest BCUT2D eigenvalue weighted by molar-refractivity contribution is 0.305. The maximum atomic E-state index is 13.0. The zero-order chi connectivity index (χ0) is 13.0. The van der Waals surface area contributed by atoms with Crippen molar-refractivity contribution in [3.05, 3.63) is 58.3 Å². The molecule has 0 aromatic heterocycles. The highest BCUT2D eigenvalue weighted by Crippen LogP contribution is 2.22. The molecule has 0 spiro atoms. The zero-order valence-electron chi connectivity index (χ0n) is 9.82. The molecule has 2 nitrogen and oxygen atoms in total. The quantitative estimate of drug-likeness (QED) is 0.843. The van der Waals surface area contributed by atoms with Gasteiger partial charge in [-0.15, -0.1) is 0 Å². The molecule has 0 unspecified atom stereocenters. The van der Waals surface area contributed by atoms with Crippen LogP contribution in [0.3, 0.4) is 0 Å². The molecule has 2 aromatic rings. The van der Waals surface area contributed by atoms with E-state index in [1.54, 1.807) is 19.2 Å². The van der Waals surface area contributed by atoms with E-state index in [9.17, 15) is 4.39 Å². The third kappa shape index (κ3) is 3.23. The number of hydrogen-bond acceptors (Lipinski definition) is 2. The van der Waals surface area contributed by atoms with Crippen molar-refractivity contribution in [2.45, 2.75) is 6.61 Å².